The van der Waals surface area contributed by atoms with Gasteiger partial charge in [-0.1, -0.05) is 18.0 Å². The van der Waals surface area contributed by atoms with Crippen molar-refractivity contribution in [2.24, 2.45) is 5.41 Å². The maximum absolute atomic E-state index is 12.2. The summed E-state index contributed by atoms with van der Waals surface area (Å²) in [5.74, 6) is -1.61. The Hall–Kier alpha value is -1.75. The fourth-order valence-corrected chi connectivity index (χ4v) is 2.75. The van der Waals surface area contributed by atoms with E-state index in [1.54, 1.807) is 6.92 Å². The summed E-state index contributed by atoms with van der Waals surface area (Å²) in [6.45, 7) is 1.63. The Morgan fingerprint density at radius 1 is 1.45 bits per heavy atom. The van der Waals surface area contributed by atoms with Crippen LogP contribution in [0, 0.1) is 5.41 Å². The second-order valence-corrected chi connectivity index (χ2v) is 5.74. The van der Waals surface area contributed by atoms with Gasteiger partial charge in [-0.15, -0.1) is 0 Å². The summed E-state index contributed by atoms with van der Waals surface area (Å²) in [5, 5.41) is 22.0. The Morgan fingerprint density at radius 3 is 2.80 bits per heavy atom. The molecule has 0 saturated heterocycles. The maximum Gasteiger partial charge on any atom is 0.311 e. The van der Waals surface area contributed by atoms with Gasteiger partial charge in [0.15, 0.2) is 0 Å². The van der Waals surface area contributed by atoms with Crippen molar-refractivity contribution in [3.8, 4) is 5.75 Å². The molecule has 6 heteroatoms. The fourth-order valence-electron chi connectivity index (χ4n) is 2.58. The molecule has 3 N–H and O–H groups in total. The monoisotopic (exact) mass is 297 g/mol. The van der Waals surface area contributed by atoms with E-state index in [-0.39, 0.29) is 11.3 Å². The number of benzene rings is 1. The molecule has 0 bridgehead atoms. The van der Waals surface area contributed by atoms with Crippen molar-refractivity contribution >= 4 is 23.5 Å². The van der Waals surface area contributed by atoms with Gasteiger partial charge in [-0.3, -0.25) is 9.59 Å². The van der Waals surface area contributed by atoms with Gasteiger partial charge in [0.2, 0.25) is 0 Å². The number of carbonyl (C=O) groups excluding carboxylic acids is 1. The first-order chi connectivity index (χ1) is 9.34. The number of amides is 1. The third-order valence-corrected chi connectivity index (χ3v) is 4.19. The number of aromatic hydroxyl groups is 1. The lowest BCUT2D eigenvalue weighted by atomic mass is 9.85. The summed E-state index contributed by atoms with van der Waals surface area (Å²) >= 11 is 5.80. The first-order valence-electron chi connectivity index (χ1n) is 6.37. The van der Waals surface area contributed by atoms with E-state index in [9.17, 15) is 19.8 Å². The van der Waals surface area contributed by atoms with Crippen LogP contribution < -0.4 is 5.32 Å². The lowest BCUT2D eigenvalue weighted by Gasteiger charge is -2.27. The summed E-state index contributed by atoms with van der Waals surface area (Å²) in [6, 6.07) is 3.72. The molecule has 1 aromatic carbocycles. The molecule has 20 heavy (non-hydrogen) atoms. The lowest BCUT2D eigenvalue weighted by molar-refractivity contribution is -0.148. The zero-order valence-corrected chi connectivity index (χ0v) is 11.8. The highest BCUT2D eigenvalue weighted by molar-refractivity contribution is 6.31. The molecule has 108 valence electrons. The number of carbonyl (C=O) groups is 2. The minimum Gasteiger partial charge on any atom is -0.507 e. The number of phenols is 1. The number of carboxylic acids is 1. The van der Waals surface area contributed by atoms with Gasteiger partial charge < -0.3 is 15.5 Å². The largest absolute Gasteiger partial charge is 0.507 e. The van der Waals surface area contributed by atoms with E-state index in [4.69, 9.17) is 11.6 Å². The van der Waals surface area contributed by atoms with Crippen LogP contribution >= 0.6 is 11.6 Å². The first-order valence-corrected chi connectivity index (χ1v) is 6.75. The molecule has 1 aliphatic rings. The average molecular weight is 298 g/mol. The number of rotatable bonds is 3. The zero-order chi connectivity index (χ0) is 14.9. The van der Waals surface area contributed by atoms with Crippen molar-refractivity contribution in [3.05, 3.63) is 28.8 Å². The third-order valence-electron chi connectivity index (χ3n) is 3.96. The van der Waals surface area contributed by atoms with E-state index < -0.39 is 23.3 Å². The van der Waals surface area contributed by atoms with E-state index in [1.807, 2.05) is 0 Å². The van der Waals surface area contributed by atoms with E-state index in [0.29, 0.717) is 17.9 Å². The average Bonchev–Trinajstić information content (AvgIpc) is 2.75. The molecule has 1 aromatic rings. The minimum atomic E-state index is -0.968. The van der Waals surface area contributed by atoms with Crippen LogP contribution in [0.1, 0.15) is 36.5 Å². The summed E-state index contributed by atoms with van der Waals surface area (Å²) in [7, 11) is 0. The van der Waals surface area contributed by atoms with Gasteiger partial charge in [-0.2, -0.15) is 0 Å². The highest BCUT2D eigenvalue weighted by atomic mass is 35.5. The molecule has 0 heterocycles. The SMILES string of the molecule is CC1(C(=O)O)CCCC1NC(=O)c1cc(Cl)ccc1O. The number of phenolic OH excluding ortho intramolecular Hbond substituents is 1. The van der Waals surface area contributed by atoms with Crippen LogP contribution in [0.5, 0.6) is 5.75 Å². The standard InChI is InChI=1S/C14H16ClNO4/c1-14(13(19)20)6-2-3-11(14)16-12(18)9-7-8(15)4-5-10(9)17/h4-5,7,11,17H,2-3,6H2,1H3,(H,16,18)(H,19,20). The summed E-state index contributed by atoms with van der Waals surface area (Å²) < 4.78 is 0. The molecule has 5 nitrogen and oxygen atoms in total. The highest BCUT2D eigenvalue weighted by Gasteiger charge is 2.46. The van der Waals surface area contributed by atoms with Crippen LogP contribution in [0.15, 0.2) is 18.2 Å². The van der Waals surface area contributed by atoms with Crippen molar-refractivity contribution in [1.29, 1.82) is 0 Å². The molecule has 0 radical (unpaired) electrons. The second-order valence-electron chi connectivity index (χ2n) is 5.30. The molecular weight excluding hydrogens is 282 g/mol. The third kappa shape index (κ3) is 2.58. The van der Waals surface area contributed by atoms with Crippen LogP contribution in [0.2, 0.25) is 5.02 Å². The number of halogens is 1. The number of hydrogen-bond acceptors (Lipinski definition) is 3. The molecule has 2 atom stereocenters. The van der Waals surface area contributed by atoms with Crippen LogP contribution in [-0.2, 0) is 4.79 Å². The zero-order valence-electron chi connectivity index (χ0n) is 11.0. The molecule has 1 aliphatic carbocycles. The Morgan fingerprint density at radius 2 is 2.15 bits per heavy atom. The Bertz CT molecular complexity index is 560. The van der Waals surface area contributed by atoms with Crippen molar-refractivity contribution in [2.45, 2.75) is 32.2 Å². The highest BCUT2D eigenvalue weighted by Crippen LogP contribution is 2.38. The van der Waals surface area contributed by atoms with Gasteiger partial charge in [0.25, 0.3) is 5.91 Å². The van der Waals surface area contributed by atoms with E-state index >= 15 is 0 Å². The second kappa shape index (κ2) is 5.32. The van der Waals surface area contributed by atoms with Crippen molar-refractivity contribution in [3.63, 3.8) is 0 Å². The van der Waals surface area contributed by atoms with Gasteiger partial charge in [0.1, 0.15) is 5.75 Å². The van der Waals surface area contributed by atoms with Crippen LogP contribution in [0.4, 0.5) is 0 Å². The van der Waals surface area contributed by atoms with Gasteiger partial charge in [-0.05, 0) is 38.0 Å². The normalized spacial score (nSPS) is 25.4. The van der Waals surface area contributed by atoms with Crippen molar-refractivity contribution < 1.29 is 19.8 Å². The molecule has 0 aromatic heterocycles. The van der Waals surface area contributed by atoms with E-state index in [0.717, 1.165) is 6.42 Å². The molecule has 2 rings (SSSR count). The van der Waals surface area contributed by atoms with Crippen molar-refractivity contribution in [1.82, 2.24) is 5.32 Å². The molecule has 1 saturated carbocycles. The van der Waals surface area contributed by atoms with E-state index in [1.165, 1.54) is 18.2 Å². The molecular formula is C14H16ClNO4. The number of aliphatic carboxylic acids is 1. The van der Waals surface area contributed by atoms with Gasteiger partial charge in [-0.25, -0.2) is 0 Å². The van der Waals surface area contributed by atoms with Crippen LogP contribution in [0.25, 0.3) is 0 Å². The molecule has 1 amide bonds. The Labute approximate surface area is 121 Å². The van der Waals surface area contributed by atoms with Gasteiger partial charge >= 0.3 is 5.97 Å². The molecule has 0 aliphatic heterocycles. The Balaban J connectivity index is 2.19. The Kier molecular flexibility index (Phi) is 3.90. The van der Waals surface area contributed by atoms with E-state index in [2.05, 4.69) is 5.32 Å². The summed E-state index contributed by atoms with van der Waals surface area (Å²) in [5.41, 5.74) is -0.915. The van der Waals surface area contributed by atoms with Gasteiger partial charge in [0, 0.05) is 11.1 Å². The fraction of sp³-hybridized carbons (Fsp3) is 0.429. The number of carboxylic acid groups (broad SMARTS) is 1. The predicted molar refractivity (Wildman–Crippen MR) is 74.0 cm³/mol. The molecule has 1 fully saturated rings. The molecule has 0 spiro atoms. The first kappa shape index (κ1) is 14.7. The smallest absolute Gasteiger partial charge is 0.311 e. The lowest BCUT2D eigenvalue weighted by Crippen LogP contribution is -2.47. The van der Waals surface area contributed by atoms with Crippen LogP contribution in [-0.4, -0.2) is 28.1 Å². The van der Waals surface area contributed by atoms with Crippen molar-refractivity contribution in [2.75, 3.05) is 0 Å². The topological polar surface area (TPSA) is 86.6 Å². The quantitative estimate of drug-likeness (QED) is 0.799. The number of nitrogens with one attached hydrogen (secondary N) is 1. The predicted octanol–water partition coefficient (Wildman–Crippen LogP) is 2.42. The summed E-state index contributed by atoms with van der Waals surface area (Å²) in [6.07, 6.45) is 1.87. The maximum atomic E-state index is 12.2. The number of hydrogen-bond donors (Lipinski definition) is 3. The van der Waals surface area contributed by atoms with Crippen LogP contribution in [0.3, 0.4) is 0 Å². The molecule has 2 unspecified atom stereocenters. The van der Waals surface area contributed by atoms with Gasteiger partial charge in [0.05, 0.1) is 11.0 Å². The summed E-state index contributed by atoms with van der Waals surface area (Å²) in [4.78, 5) is 23.5. The minimum absolute atomic E-state index is 0.0529.